The number of ether oxygens (including phenoxy) is 1. The lowest BCUT2D eigenvalue weighted by atomic mass is 9.99. The summed E-state index contributed by atoms with van der Waals surface area (Å²) in [5.41, 5.74) is -0.519. The predicted molar refractivity (Wildman–Crippen MR) is 114 cm³/mol. The van der Waals surface area contributed by atoms with Crippen molar-refractivity contribution in [3.63, 3.8) is 0 Å². The van der Waals surface area contributed by atoms with Gasteiger partial charge in [-0.2, -0.15) is 0 Å². The summed E-state index contributed by atoms with van der Waals surface area (Å²) >= 11 is 0. The molecule has 2 aromatic carbocycles. The molecule has 1 amide bonds. The molecule has 1 saturated heterocycles. The number of rotatable bonds is 5. The second kappa shape index (κ2) is 8.63. The molecule has 1 atom stereocenters. The lowest BCUT2D eigenvalue weighted by Crippen LogP contribution is -2.29. The Morgan fingerprint density at radius 3 is 2.20 bits per heavy atom. The third kappa shape index (κ3) is 4.58. The second-order valence-electron chi connectivity index (χ2n) is 7.46. The zero-order valence-electron chi connectivity index (χ0n) is 17.8. The lowest BCUT2D eigenvalue weighted by molar-refractivity contribution is -0.384. The van der Waals surface area contributed by atoms with Crippen molar-refractivity contribution in [2.75, 3.05) is 4.90 Å². The standard InChI is InChI=1S/C23H15F3N2O7/c1-12-2-11-17(34-12)19-18(20(29)13-3-5-15(6-4-13)28(32)33)21(30)22(31)27(19)14-7-9-16(10-8-14)35-23(24,25)26/h2-11,19,29H,1H3/b20-18-. The Hall–Kier alpha value is -4.61. The lowest BCUT2D eigenvalue weighted by Gasteiger charge is -2.23. The summed E-state index contributed by atoms with van der Waals surface area (Å²) in [4.78, 5) is 37.2. The molecule has 1 aliphatic rings. The number of furan rings is 1. The molecular formula is C23H15F3N2O7. The molecule has 1 fully saturated rings. The summed E-state index contributed by atoms with van der Waals surface area (Å²) in [6.07, 6.45) is -4.92. The van der Waals surface area contributed by atoms with E-state index >= 15 is 0 Å². The molecule has 2 heterocycles. The molecule has 0 bridgehead atoms. The van der Waals surface area contributed by atoms with Gasteiger partial charge in [0, 0.05) is 23.4 Å². The number of non-ortho nitro benzene ring substituents is 1. The van der Waals surface area contributed by atoms with Crippen LogP contribution < -0.4 is 9.64 Å². The highest BCUT2D eigenvalue weighted by Gasteiger charge is 2.48. The van der Waals surface area contributed by atoms with E-state index in [0.29, 0.717) is 5.76 Å². The van der Waals surface area contributed by atoms with Crippen molar-refractivity contribution in [3.8, 4) is 5.75 Å². The summed E-state index contributed by atoms with van der Waals surface area (Å²) in [6.45, 7) is 1.62. The quantitative estimate of drug-likeness (QED) is 0.176. The molecule has 4 rings (SSSR count). The van der Waals surface area contributed by atoms with E-state index < -0.39 is 40.5 Å². The van der Waals surface area contributed by atoms with Crippen molar-refractivity contribution in [3.05, 3.63) is 93.4 Å². The number of halogens is 3. The van der Waals surface area contributed by atoms with E-state index in [-0.39, 0.29) is 28.3 Å². The zero-order valence-corrected chi connectivity index (χ0v) is 17.8. The molecule has 12 heteroatoms. The van der Waals surface area contributed by atoms with Gasteiger partial charge in [-0.25, -0.2) is 0 Å². The maximum atomic E-state index is 13.0. The highest BCUT2D eigenvalue weighted by atomic mass is 19.4. The van der Waals surface area contributed by atoms with E-state index in [1.54, 1.807) is 13.0 Å². The number of hydrogen-bond donors (Lipinski definition) is 1. The summed E-state index contributed by atoms with van der Waals surface area (Å²) in [5, 5.41) is 21.9. The number of Topliss-reactive ketones (excluding diaryl/α,β-unsaturated/α-hetero) is 1. The molecule has 9 nitrogen and oxygen atoms in total. The van der Waals surface area contributed by atoms with Crippen LogP contribution in [0.2, 0.25) is 0 Å². The number of aliphatic hydroxyl groups is 1. The molecule has 3 aromatic rings. The van der Waals surface area contributed by atoms with Gasteiger partial charge in [-0.05, 0) is 55.5 Å². The fourth-order valence-electron chi connectivity index (χ4n) is 3.67. The van der Waals surface area contributed by atoms with Gasteiger partial charge in [0.25, 0.3) is 17.4 Å². The number of carbonyl (C=O) groups excluding carboxylic acids is 2. The van der Waals surface area contributed by atoms with Crippen molar-refractivity contribution in [2.45, 2.75) is 19.3 Å². The maximum absolute atomic E-state index is 13.0. The first-order valence-electron chi connectivity index (χ1n) is 9.94. The minimum Gasteiger partial charge on any atom is -0.507 e. The number of benzene rings is 2. The first-order chi connectivity index (χ1) is 16.5. The van der Waals surface area contributed by atoms with Crippen LogP contribution in [0, 0.1) is 17.0 Å². The van der Waals surface area contributed by atoms with E-state index in [9.17, 15) is 38.0 Å². The van der Waals surface area contributed by atoms with Gasteiger partial charge in [0.2, 0.25) is 0 Å². The fourth-order valence-corrected chi connectivity index (χ4v) is 3.67. The zero-order chi connectivity index (χ0) is 25.5. The maximum Gasteiger partial charge on any atom is 0.573 e. The third-order valence-electron chi connectivity index (χ3n) is 5.18. The molecule has 180 valence electrons. The minimum absolute atomic E-state index is 0.0378. The Balaban J connectivity index is 1.82. The monoisotopic (exact) mass is 488 g/mol. The molecule has 35 heavy (non-hydrogen) atoms. The molecule has 1 aliphatic heterocycles. The SMILES string of the molecule is Cc1ccc(C2/C(=C(/O)c3ccc([N+](=O)[O-])cc3)C(=O)C(=O)N2c2ccc(OC(F)(F)F)cc2)o1. The van der Waals surface area contributed by atoms with E-state index in [1.807, 2.05) is 0 Å². The van der Waals surface area contributed by atoms with Crippen LogP contribution in [0.1, 0.15) is 23.1 Å². The Labute approximate surface area is 194 Å². The smallest absolute Gasteiger partial charge is 0.507 e. The molecule has 1 aromatic heterocycles. The van der Waals surface area contributed by atoms with Gasteiger partial charge < -0.3 is 14.3 Å². The van der Waals surface area contributed by atoms with Gasteiger partial charge in [-0.3, -0.25) is 24.6 Å². The first-order valence-corrected chi connectivity index (χ1v) is 9.94. The van der Waals surface area contributed by atoms with Crippen LogP contribution in [-0.4, -0.2) is 28.1 Å². The van der Waals surface area contributed by atoms with Crippen molar-refractivity contribution in [1.29, 1.82) is 0 Å². The number of carbonyl (C=O) groups is 2. The van der Waals surface area contributed by atoms with Gasteiger partial charge in [0.1, 0.15) is 29.1 Å². The number of nitrogens with zero attached hydrogens (tertiary/aromatic N) is 2. The van der Waals surface area contributed by atoms with Gasteiger partial charge in [0.05, 0.1) is 10.5 Å². The van der Waals surface area contributed by atoms with Crippen LogP contribution in [0.5, 0.6) is 5.75 Å². The van der Waals surface area contributed by atoms with Crippen molar-refractivity contribution in [1.82, 2.24) is 0 Å². The Morgan fingerprint density at radius 1 is 1.06 bits per heavy atom. The number of alkyl halides is 3. The van der Waals surface area contributed by atoms with Crippen LogP contribution in [0.25, 0.3) is 5.76 Å². The number of nitro groups is 1. The largest absolute Gasteiger partial charge is 0.573 e. The van der Waals surface area contributed by atoms with Crippen LogP contribution in [0.3, 0.4) is 0 Å². The number of aryl methyl sites for hydroxylation is 1. The van der Waals surface area contributed by atoms with Crippen LogP contribution in [-0.2, 0) is 9.59 Å². The predicted octanol–water partition coefficient (Wildman–Crippen LogP) is 5.02. The van der Waals surface area contributed by atoms with Crippen molar-refractivity contribution in [2.24, 2.45) is 0 Å². The average molecular weight is 488 g/mol. The van der Waals surface area contributed by atoms with E-state index in [2.05, 4.69) is 4.74 Å². The molecule has 1 N–H and O–H groups in total. The molecule has 0 saturated carbocycles. The van der Waals surface area contributed by atoms with Crippen molar-refractivity contribution < 1.29 is 41.9 Å². The molecule has 0 radical (unpaired) electrons. The van der Waals surface area contributed by atoms with Crippen molar-refractivity contribution >= 4 is 28.8 Å². The Morgan fingerprint density at radius 2 is 1.69 bits per heavy atom. The van der Waals surface area contributed by atoms with E-state index in [1.165, 1.54) is 18.2 Å². The minimum atomic E-state index is -4.92. The fraction of sp³-hybridized carbons (Fsp3) is 0.130. The number of anilines is 1. The Bertz CT molecular complexity index is 1340. The Kier molecular flexibility index (Phi) is 5.81. The normalized spacial score (nSPS) is 17.6. The summed E-state index contributed by atoms with van der Waals surface area (Å²) in [6, 6.07) is 10.7. The van der Waals surface area contributed by atoms with Gasteiger partial charge >= 0.3 is 6.36 Å². The van der Waals surface area contributed by atoms with Crippen LogP contribution in [0.15, 0.2) is 70.7 Å². The second-order valence-corrected chi connectivity index (χ2v) is 7.46. The molecule has 1 unspecified atom stereocenters. The van der Waals surface area contributed by atoms with E-state index in [0.717, 1.165) is 41.3 Å². The average Bonchev–Trinajstić information content (AvgIpc) is 3.34. The molecule has 0 aliphatic carbocycles. The number of nitro benzene ring substituents is 1. The molecular weight excluding hydrogens is 473 g/mol. The number of hydrogen-bond acceptors (Lipinski definition) is 7. The third-order valence-corrected chi connectivity index (χ3v) is 5.18. The van der Waals surface area contributed by atoms with Gasteiger partial charge in [0.15, 0.2) is 0 Å². The number of aliphatic hydroxyl groups excluding tert-OH is 1. The summed E-state index contributed by atoms with van der Waals surface area (Å²) < 4.78 is 46.9. The first kappa shape index (κ1) is 23.5. The van der Waals surface area contributed by atoms with Gasteiger partial charge in [-0.15, -0.1) is 13.2 Å². The highest BCUT2D eigenvalue weighted by molar-refractivity contribution is 6.51. The topological polar surface area (TPSA) is 123 Å². The molecule has 0 spiro atoms. The van der Waals surface area contributed by atoms with E-state index in [4.69, 9.17) is 4.42 Å². The van der Waals surface area contributed by atoms with Crippen LogP contribution in [0.4, 0.5) is 24.5 Å². The van der Waals surface area contributed by atoms with Crippen LogP contribution >= 0.6 is 0 Å². The van der Waals surface area contributed by atoms with Gasteiger partial charge in [-0.1, -0.05) is 0 Å². The number of amides is 1. The number of ketones is 1. The summed E-state index contributed by atoms with van der Waals surface area (Å²) in [7, 11) is 0. The summed E-state index contributed by atoms with van der Waals surface area (Å²) in [5.74, 6) is -2.71. The highest BCUT2D eigenvalue weighted by Crippen LogP contribution is 2.43.